The lowest BCUT2D eigenvalue weighted by atomic mass is 9.71. The van der Waals surface area contributed by atoms with Crippen LogP contribution < -0.4 is 4.74 Å². The van der Waals surface area contributed by atoms with Gasteiger partial charge in [0.05, 0.1) is 5.56 Å². The average molecular weight is 371 g/mol. The molecule has 1 heterocycles. The van der Waals surface area contributed by atoms with Crippen LogP contribution in [-0.2, 0) is 0 Å². The molecule has 0 radical (unpaired) electrons. The zero-order valence-corrected chi connectivity index (χ0v) is 15.8. The average Bonchev–Trinajstić information content (AvgIpc) is 2.66. The van der Waals surface area contributed by atoms with E-state index in [0.29, 0.717) is 17.6 Å². The van der Waals surface area contributed by atoms with Crippen LogP contribution in [0.2, 0.25) is 0 Å². The maximum atomic E-state index is 14.0. The zero-order valence-electron chi connectivity index (χ0n) is 15.8. The summed E-state index contributed by atoms with van der Waals surface area (Å²) in [7, 11) is 0. The molecule has 0 aliphatic heterocycles. The van der Waals surface area contributed by atoms with Crippen molar-refractivity contribution in [3.63, 3.8) is 0 Å². The Balaban J connectivity index is 1.71. The maximum absolute atomic E-state index is 14.0. The lowest BCUT2D eigenvalue weighted by Gasteiger charge is -2.34. The molecule has 3 unspecified atom stereocenters. The fraction of sp³-hybridized carbons (Fsp3) is 0.455. The van der Waals surface area contributed by atoms with Gasteiger partial charge >= 0.3 is 5.97 Å². The molecular weight excluding hydrogens is 345 g/mol. The number of carboxylic acid groups (broad SMARTS) is 1. The summed E-state index contributed by atoms with van der Waals surface area (Å²) in [5, 5.41) is 8.87. The van der Waals surface area contributed by atoms with Crippen molar-refractivity contribution in [3.05, 3.63) is 53.5 Å². The molecule has 3 rings (SSSR count). The van der Waals surface area contributed by atoms with E-state index in [2.05, 4.69) is 18.8 Å². The monoisotopic (exact) mass is 371 g/mol. The summed E-state index contributed by atoms with van der Waals surface area (Å²) in [6.07, 6.45) is 7.43. The number of hydrogen-bond acceptors (Lipinski definition) is 3. The van der Waals surface area contributed by atoms with Gasteiger partial charge in [-0.15, -0.1) is 0 Å². The second-order valence-corrected chi connectivity index (χ2v) is 7.54. The fourth-order valence-electron chi connectivity index (χ4n) is 4.06. The summed E-state index contributed by atoms with van der Waals surface area (Å²) in [5.41, 5.74) is 1.09. The first-order valence-corrected chi connectivity index (χ1v) is 9.64. The Morgan fingerprint density at radius 1 is 1.30 bits per heavy atom. The van der Waals surface area contributed by atoms with Crippen molar-refractivity contribution in [1.82, 2.24) is 4.98 Å². The minimum atomic E-state index is -1.22. The van der Waals surface area contributed by atoms with E-state index in [4.69, 9.17) is 9.84 Å². The van der Waals surface area contributed by atoms with Gasteiger partial charge in [0.15, 0.2) is 5.82 Å². The molecular formula is C22H26FNO3. The first-order chi connectivity index (χ1) is 13.0. The molecule has 0 amide bonds. The Morgan fingerprint density at radius 3 is 2.67 bits per heavy atom. The van der Waals surface area contributed by atoms with Crippen LogP contribution in [0.5, 0.6) is 11.6 Å². The third-order valence-electron chi connectivity index (χ3n) is 5.58. The Bertz CT molecular complexity index is 791. The third-order valence-corrected chi connectivity index (χ3v) is 5.58. The number of aromatic nitrogens is 1. The standard InChI is InChI=1S/C22H26FNO3/c1-3-4-15-6-5-14(2)19(11-15)16-7-9-18(10-8-16)27-21-20(23)12-17(13-24-21)22(25)26/h7-10,12-15,19H,3-6,11H2,1-2H3,(H,25,26). The molecule has 1 saturated carbocycles. The Morgan fingerprint density at radius 2 is 2.04 bits per heavy atom. The molecule has 3 atom stereocenters. The Kier molecular flexibility index (Phi) is 6.09. The molecule has 1 aliphatic carbocycles. The van der Waals surface area contributed by atoms with Gasteiger partial charge < -0.3 is 9.84 Å². The van der Waals surface area contributed by atoms with E-state index in [-0.39, 0.29) is 11.4 Å². The van der Waals surface area contributed by atoms with Gasteiger partial charge in [-0.05, 0) is 54.4 Å². The molecule has 0 saturated heterocycles. The van der Waals surface area contributed by atoms with Gasteiger partial charge in [-0.1, -0.05) is 45.2 Å². The van der Waals surface area contributed by atoms with E-state index < -0.39 is 11.8 Å². The van der Waals surface area contributed by atoms with E-state index in [0.717, 1.165) is 18.2 Å². The first-order valence-electron chi connectivity index (χ1n) is 9.64. The van der Waals surface area contributed by atoms with Crippen LogP contribution in [0, 0.1) is 17.7 Å². The van der Waals surface area contributed by atoms with E-state index >= 15 is 0 Å². The number of carboxylic acids is 1. The van der Waals surface area contributed by atoms with E-state index in [1.54, 1.807) is 0 Å². The Labute approximate surface area is 159 Å². The summed E-state index contributed by atoms with van der Waals surface area (Å²) in [5.74, 6) is 0.269. The van der Waals surface area contributed by atoms with Crippen LogP contribution in [0.3, 0.4) is 0 Å². The van der Waals surface area contributed by atoms with Crippen molar-refractivity contribution in [2.45, 2.75) is 51.9 Å². The van der Waals surface area contributed by atoms with Gasteiger partial charge in [0, 0.05) is 6.20 Å². The summed E-state index contributed by atoms with van der Waals surface area (Å²) < 4.78 is 19.5. The number of halogens is 1. The third kappa shape index (κ3) is 4.65. The van der Waals surface area contributed by atoms with Crippen LogP contribution >= 0.6 is 0 Å². The summed E-state index contributed by atoms with van der Waals surface area (Å²) in [4.78, 5) is 14.6. The van der Waals surface area contributed by atoms with Gasteiger partial charge in [0.2, 0.25) is 0 Å². The van der Waals surface area contributed by atoms with Gasteiger partial charge in [-0.3, -0.25) is 0 Å². The lowest BCUT2D eigenvalue weighted by Crippen LogP contribution is -2.21. The molecule has 1 N–H and O–H groups in total. The molecule has 1 aliphatic rings. The highest BCUT2D eigenvalue weighted by Crippen LogP contribution is 2.42. The SMILES string of the molecule is CCCC1CCC(C)C(c2ccc(Oc3ncc(C(=O)O)cc3F)cc2)C1. The molecule has 0 bridgehead atoms. The number of ether oxygens (including phenoxy) is 1. The Hall–Kier alpha value is -2.43. The fourth-order valence-corrected chi connectivity index (χ4v) is 4.06. The number of pyridine rings is 1. The van der Waals surface area contributed by atoms with Crippen molar-refractivity contribution in [3.8, 4) is 11.6 Å². The number of rotatable bonds is 6. The van der Waals surface area contributed by atoms with Gasteiger partial charge in [0.1, 0.15) is 5.75 Å². The molecule has 144 valence electrons. The number of aromatic carboxylic acids is 1. The van der Waals surface area contributed by atoms with Crippen molar-refractivity contribution in [2.75, 3.05) is 0 Å². The first kappa shape index (κ1) is 19.3. The minimum absolute atomic E-state index is 0.205. The van der Waals surface area contributed by atoms with Crippen molar-refractivity contribution in [1.29, 1.82) is 0 Å². The molecule has 0 spiro atoms. The largest absolute Gasteiger partial charge is 0.478 e. The molecule has 2 aromatic rings. The molecule has 1 aromatic carbocycles. The number of nitrogens with zero attached hydrogens (tertiary/aromatic N) is 1. The highest BCUT2D eigenvalue weighted by molar-refractivity contribution is 5.87. The second kappa shape index (κ2) is 8.51. The van der Waals surface area contributed by atoms with Crippen LogP contribution in [0.1, 0.15) is 67.8 Å². The van der Waals surface area contributed by atoms with Crippen molar-refractivity contribution >= 4 is 5.97 Å². The van der Waals surface area contributed by atoms with Gasteiger partial charge in [-0.2, -0.15) is 0 Å². The van der Waals surface area contributed by atoms with E-state index in [1.807, 2.05) is 24.3 Å². The van der Waals surface area contributed by atoms with Gasteiger partial charge in [0.25, 0.3) is 5.88 Å². The maximum Gasteiger partial charge on any atom is 0.337 e. The number of carbonyl (C=O) groups is 1. The molecule has 4 nitrogen and oxygen atoms in total. The topological polar surface area (TPSA) is 59.4 Å². The lowest BCUT2D eigenvalue weighted by molar-refractivity contribution is 0.0695. The highest BCUT2D eigenvalue weighted by Gasteiger charge is 2.28. The molecule has 5 heteroatoms. The highest BCUT2D eigenvalue weighted by atomic mass is 19.1. The van der Waals surface area contributed by atoms with Gasteiger partial charge in [-0.25, -0.2) is 14.2 Å². The summed E-state index contributed by atoms with van der Waals surface area (Å²) >= 11 is 0. The quantitative estimate of drug-likeness (QED) is 0.673. The predicted octanol–water partition coefficient (Wildman–Crippen LogP) is 6.03. The number of benzene rings is 1. The van der Waals surface area contributed by atoms with Crippen molar-refractivity contribution < 1.29 is 19.0 Å². The second-order valence-electron chi connectivity index (χ2n) is 7.54. The number of hydrogen-bond donors (Lipinski definition) is 1. The minimum Gasteiger partial charge on any atom is -0.478 e. The summed E-state index contributed by atoms with van der Waals surface area (Å²) in [6.45, 7) is 4.57. The zero-order chi connectivity index (χ0) is 19.4. The molecule has 1 fully saturated rings. The summed E-state index contributed by atoms with van der Waals surface area (Å²) in [6, 6.07) is 8.68. The van der Waals surface area contributed by atoms with Crippen LogP contribution in [0.25, 0.3) is 0 Å². The van der Waals surface area contributed by atoms with Crippen LogP contribution in [0.4, 0.5) is 4.39 Å². The van der Waals surface area contributed by atoms with E-state index in [1.165, 1.54) is 37.7 Å². The van der Waals surface area contributed by atoms with Crippen LogP contribution in [-0.4, -0.2) is 16.1 Å². The van der Waals surface area contributed by atoms with Crippen LogP contribution in [0.15, 0.2) is 36.5 Å². The predicted molar refractivity (Wildman–Crippen MR) is 102 cm³/mol. The molecule has 1 aromatic heterocycles. The smallest absolute Gasteiger partial charge is 0.337 e. The molecule has 27 heavy (non-hydrogen) atoms. The normalized spacial score (nSPS) is 22.4. The van der Waals surface area contributed by atoms with E-state index in [9.17, 15) is 9.18 Å². The van der Waals surface area contributed by atoms with Crippen molar-refractivity contribution in [2.24, 2.45) is 11.8 Å².